The van der Waals surface area contributed by atoms with Gasteiger partial charge in [-0.3, -0.25) is 14.9 Å². The molecule has 2 rings (SSSR count). The van der Waals surface area contributed by atoms with Gasteiger partial charge in [0.1, 0.15) is 6.10 Å². The molecule has 8 heteroatoms. The van der Waals surface area contributed by atoms with E-state index in [1.54, 1.807) is 0 Å². The number of carboxylic acids is 1. The predicted octanol–water partition coefficient (Wildman–Crippen LogP) is 1.66. The second kappa shape index (κ2) is 5.88. The standard InChI is InChI=1S/C13H14N2O6/c1-7-4-5-21-11(7)12(16)14-10-3-2-8(15(19)20)6-9(10)13(17)18/h2-3,6-7,11H,4-5H2,1H3,(H,14,16)(H,17,18). The minimum absolute atomic E-state index is 0.0146. The molecule has 0 radical (unpaired) electrons. The smallest absolute Gasteiger partial charge is 0.338 e. The first-order chi connectivity index (χ1) is 9.90. The fourth-order valence-electron chi connectivity index (χ4n) is 2.17. The fraction of sp³-hybridized carbons (Fsp3) is 0.385. The summed E-state index contributed by atoms with van der Waals surface area (Å²) in [6.45, 7) is 2.34. The Morgan fingerprint density at radius 2 is 2.19 bits per heavy atom. The minimum atomic E-state index is -1.35. The Hall–Kier alpha value is -2.48. The van der Waals surface area contributed by atoms with Crippen LogP contribution in [0, 0.1) is 16.0 Å². The molecule has 1 fully saturated rings. The van der Waals surface area contributed by atoms with Gasteiger partial charge in [0, 0.05) is 18.7 Å². The SMILES string of the molecule is CC1CCOC1C(=O)Nc1ccc([N+](=O)[O-])cc1C(=O)O. The highest BCUT2D eigenvalue weighted by atomic mass is 16.6. The average molecular weight is 294 g/mol. The Morgan fingerprint density at radius 3 is 2.71 bits per heavy atom. The van der Waals surface area contributed by atoms with E-state index < -0.39 is 22.9 Å². The van der Waals surface area contributed by atoms with Crippen LogP contribution in [0.5, 0.6) is 0 Å². The first-order valence-electron chi connectivity index (χ1n) is 6.34. The lowest BCUT2D eigenvalue weighted by Crippen LogP contribution is -2.31. The molecule has 0 aliphatic carbocycles. The Bertz CT molecular complexity index is 600. The molecule has 2 atom stereocenters. The van der Waals surface area contributed by atoms with E-state index in [1.807, 2.05) is 6.92 Å². The number of nitrogens with zero attached hydrogens (tertiary/aromatic N) is 1. The number of non-ortho nitro benzene ring substituents is 1. The number of nitrogens with one attached hydrogen (secondary N) is 1. The molecule has 112 valence electrons. The molecule has 1 aliphatic rings. The number of anilines is 1. The van der Waals surface area contributed by atoms with Gasteiger partial charge in [-0.2, -0.15) is 0 Å². The van der Waals surface area contributed by atoms with Gasteiger partial charge in [0.05, 0.1) is 16.2 Å². The largest absolute Gasteiger partial charge is 0.478 e. The number of ether oxygens (including phenoxy) is 1. The summed E-state index contributed by atoms with van der Waals surface area (Å²) < 4.78 is 5.29. The van der Waals surface area contributed by atoms with Gasteiger partial charge in [-0.1, -0.05) is 6.92 Å². The highest BCUT2D eigenvalue weighted by Crippen LogP contribution is 2.25. The van der Waals surface area contributed by atoms with Gasteiger partial charge >= 0.3 is 5.97 Å². The van der Waals surface area contributed by atoms with Crippen molar-refractivity contribution >= 4 is 23.3 Å². The van der Waals surface area contributed by atoms with Crippen molar-refractivity contribution < 1.29 is 24.4 Å². The molecule has 1 amide bonds. The van der Waals surface area contributed by atoms with E-state index in [-0.39, 0.29) is 22.9 Å². The summed E-state index contributed by atoms with van der Waals surface area (Å²) in [7, 11) is 0. The van der Waals surface area contributed by atoms with Gasteiger partial charge in [0.15, 0.2) is 0 Å². The summed E-state index contributed by atoms with van der Waals surface area (Å²) in [6.07, 6.45) is 0.117. The van der Waals surface area contributed by atoms with Crippen LogP contribution >= 0.6 is 0 Å². The summed E-state index contributed by atoms with van der Waals surface area (Å²) in [5.74, 6) is -1.76. The predicted molar refractivity (Wildman–Crippen MR) is 72.2 cm³/mol. The van der Waals surface area contributed by atoms with Crippen LogP contribution in [0.25, 0.3) is 0 Å². The molecule has 0 bridgehead atoms. The van der Waals surface area contributed by atoms with Gasteiger partial charge in [-0.25, -0.2) is 4.79 Å². The van der Waals surface area contributed by atoms with Gasteiger partial charge in [0.2, 0.25) is 0 Å². The van der Waals surface area contributed by atoms with Crippen molar-refractivity contribution in [2.24, 2.45) is 5.92 Å². The van der Waals surface area contributed by atoms with Gasteiger partial charge in [-0.05, 0) is 18.4 Å². The van der Waals surface area contributed by atoms with E-state index in [2.05, 4.69) is 5.32 Å². The Labute approximate surface area is 119 Å². The number of nitro groups is 1. The maximum atomic E-state index is 12.1. The monoisotopic (exact) mass is 294 g/mol. The second-order valence-electron chi connectivity index (χ2n) is 4.84. The zero-order chi connectivity index (χ0) is 15.6. The van der Waals surface area contributed by atoms with E-state index >= 15 is 0 Å². The summed E-state index contributed by atoms with van der Waals surface area (Å²) in [4.78, 5) is 33.2. The van der Waals surface area contributed by atoms with Gasteiger partial charge in [0.25, 0.3) is 11.6 Å². The highest BCUT2D eigenvalue weighted by molar-refractivity contribution is 6.02. The minimum Gasteiger partial charge on any atom is -0.478 e. The first kappa shape index (κ1) is 14.9. The fourth-order valence-corrected chi connectivity index (χ4v) is 2.17. The average Bonchev–Trinajstić information content (AvgIpc) is 2.85. The van der Waals surface area contributed by atoms with Crippen LogP contribution in [-0.2, 0) is 9.53 Å². The molecule has 2 N–H and O–H groups in total. The summed E-state index contributed by atoms with van der Waals surface area (Å²) >= 11 is 0. The lowest BCUT2D eigenvalue weighted by atomic mass is 10.0. The van der Waals surface area contributed by atoms with Crippen LogP contribution in [0.15, 0.2) is 18.2 Å². The summed E-state index contributed by atoms with van der Waals surface area (Å²) in [5, 5.41) is 22.2. The Morgan fingerprint density at radius 1 is 1.48 bits per heavy atom. The van der Waals surface area contributed by atoms with Crippen LogP contribution in [0.3, 0.4) is 0 Å². The van der Waals surface area contributed by atoms with Crippen molar-refractivity contribution in [2.75, 3.05) is 11.9 Å². The molecule has 2 unspecified atom stereocenters. The Balaban J connectivity index is 2.25. The van der Waals surface area contributed by atoms with E-state index in [0.29, 0.717) is 6.61 Å². The number of nitro benzene ring substituents is 1. The molecule has 21 heavy (non-hydrogen) atoms. The molecular weight excluding hydrogens is 280 g/mol. The molecule has 1 aromatic rings. The molecule has 0 saturated carbocycles. The van der Waals surface area contributed by atoms with Crippen molar-refractivity contribution in [1.29, 1.82) is 0 Å². The summed E-state index contributed by atoms with van der Waals surface area (Å²) in [5.41, 5.74) is -0.667. The van der Waals surface area contributed by atoms with Crippen LogP contribution in [0.4, 0.5) is 11.4 Å². The Kier molecular flexibility index (Phi) is 4.18. The lowest BCUT2D eigenvalue weighted by Gasteiger charge is -2.15. The van der Waals surface area contributed by atoms with Gasteiger partial charge in [-0.15, -0.1) is 0 Å². The molecule has 1 aromatic carbocycles. The number of carbonyl (C=O) groups excluding carboxylic acids is 1. The van der Waals surface area contributed by atoms with Crippen molar-refractivity contribution in [3.8, 4) is 0 Å². The van der Waals surface area contributed by atoms with Crippen molar-refractivity contribution in [3.05, 3.63) is 33.9 Å². The number of amides is 1. The molecular formula is C13H14N2O6. The zero-order valence-corrected chi connectivity index (χ0v) is 11.2. The van der Waals surface area contributed by atoms with Crippen molar-refractivity contribution in [1.82, 2.24) is 0 Å². The quantitative estimate of drug-likeness (QED) is 0.643. The van der Waals surface area contributed by atoms with E-state index in [9.17, 15) is 19.7 Å². The number of hydrogen-bond acceptors (Lipinski definition) is 5. The number of carbonyl (C=O) groups is 2. The number of rotatable bonds is 4. The van der Waals surface area contributed by atoms with E-state index in [1.165, 1.54) is 6.07 Å². The number of carboxylic acid groups (broad SMARTS) is 1. The molecule has 8 nitrogen and oxygen atoms in total. The normalized spacial score (nSPS) is 21.0. The van der Waals surface area contributed by atoms with Gasteiger partial charge < -0.3 is 15.2 Å². The topological polar surface area (TPSA) is 119 Å². The number of benzene rings is 1. The van der Waals surface area contributed by atoms with Crippen LogP contribution in [-0.4, -0.2) is 34.6 Å². The highest BCUT2D eigenvalue weighted by Gasteiger charge is 2.31. The van der Waals surface area contributed by atoms with Crippen LogP contribution < -0.4 is 5.32 Å². The molecule has 0 aromatic heterocycles. The van der Waals surface area contributed by atoms with Crippen LogP contribution in [0.2, 0.25) is 0 Å². The number of hydrogen-bond donors (Lipinski definition) is 2. The first-order valence-corrected chi connectivity index (χ1v) is 6.34. The molecule has 0 spiro atoms. The molecule has 1 aliphatic heterocycles. The van der Waals surface area contributed by atoms with Crippen molar-refractivity contribution in [2.45, 2.75) is 19.4 Å². The third kappa shape index (κ3) is 3.16. The maximum absolute atomic E-state index is 12.1. The lowest BCUT2D eigenvalue weighted by molar-refractivity contribution is -0.384. The van der Waals surface area contributed by atoms with E-state index in [4.69, 9.17) is 9.84 Å². The maximum Gasteiger partial charge on any atom is 0.338 e. The third-order valence-corrected chi connectivity index (χ3v) is 3.35. The zero-order valence-electron chi connectivity index (χ0n) is 11.2. The van der Waals surface area contributed by atoms with Crippen LogP contribution in [0.1, 0.15) is 23.7 Å². The van der Waals surface area contributed by atoms with E-state index in [0.717, 1.165) is 18.6 Å². The molecule has 1 saturated heterocycles. The third-order valence-electron chi connectivity index (χ3n) is 3.35. The molecule has 1 heterocycles. The summed E-state index contributed by atoms with van der Waals surface area (Å²) in [6, 6.07) is 3.26. The second-order valence-corrected chi connectivity index (χ2v) is 4.84. The number of aromatic carboxylic acids is 1. The van der Waals surface area contributed by atoms with Crippen molar-refractivity contribution in [3.63, 3.8) is 0 Å².